The van der Waals surface area contributed by atoms with E-state index in [1.54, 1.807) is 0 Å². The van der Waals surface area contributed by atoms with Crippen LogP contribution in [0.3, 0.4) is 0 Å². The Kier molecular flexibility index (Phi) is 3.20. The van der Waals surface area contributed by atoms with Crippen molar-refractivity contribution in [2.24, 2.45) is 0 Å². The Bertz CT molecular complexity index is 660. The molecule has 1 heterocycles. The summed E-state index contributed by atoms with van der Waals surface area (Å²) in [7, 11) is 0. The van der Waals surface area contributed by atoms with Crippen molar-refractivity contribution in [2.75, 3.05) is 0 Å². The largest absolute Gasteiger partial charge is 0.390 e. The van der Waals surface area contributed by atoms with Crippen molar-refractivity contribution in [2.45, 2.75) is 18.6 Å². The fourth-order valence-corrected chi connectivity index (χ4v) is 2.51. The molecule has 1 aliphatic carbocycles. The molecular weight excluding hydrogens is 259 g/mol. The Labute approximate surface area is 115 Å². The number of hydrogen-bond donors (Lipinski definition) is 2. The molecule has 1 amide bonds. The molecule has 0 radical (unpaired) electrons. The van der Waals surface area contributed by atoms with Crippen LogP contribution in [0.1, 0.15) is 27.5 Å². The number of benzene rings is 1. The third-order valence-electron chi connectivity index (χ3n) is 3.46. The van der Waals surface area contributed by atoms with Crippen LogP contribution in [0.25, 0.3) is 0 Å². The van der Waals surface area contributed by atoms with Crippen LogP contribution >= 0.6 is 0 Å². The van der Waals surface area contributed by atoms with Gasteiger partial charge in [-0.3, -0.25) is 9.78 Å². The van der Waals surface area contributed by atoms with Crippen LogP contribution in [0, 0.1) is 5.82 Å². The van der Waals surface area contributed by atoms with Gasteiger partial charge in [0.1, 0.15) is 5.82 Å². The number of aliphatic hydroxyl groups excluding tert-OH is 1. The predicted molar refractivity (Wildman–Crippen MR) is 70.6 cm³/mol. The number of rotatable bonds is 2. The number of pyridine rings is 1. The van der Waals surface area contributed by atoms with E-state index in [1.165, 1.54) is 6.20 Å². The summed E-state index contributed by atoms with van der Waals surface area (Å²) in [5.74, 6) is -1.01. The van der Waals surface area contributed by atoms with Gasteiger partial charge in [-0.1, -0.05) is 24.3 Å². The molecular formula is C15H13FN2O2. The maximum atomic E-state index is 13.1. The number of halogens is 1. The minimum atomic E-state index is -0.669. The van der Waals surface area contributed by atoms with Gasteiger partial charge in [-0.2, -0.15) is 0 Å². The molecule has 2 unspecified atom stereocenters. The van der Waals surface area contributed by atoms with Gasteiger partial charge in [-0.25, -0.2) is 4.39 Å². The number of amides is 1. The van der Waals surface area contributed by atoms with Gasteiger partial charge >= 0.3 is 0 Å². The summed E-state index contributed by atoms with van der Waals surface area (Å²) in [5, 5.41) is 12.8. The van der Waals surface area contributed by atoms with Crippen molar-refractivity contribution in [3.05, 3.63) is 65.2 Å². The number of fused-ring (bicyclic) bond motifs is 1. The van der Waals surface area contributed by atoms with Crippen molar-refractivity contribution in [3.8, 4) is 0 Å². The molecule has 1 aliphatic rings. The zero-order valence-corrected chi connectivity index (χ0v) is 10.6. The second kappa shape index (κ2) is 5.02. The van der Waals surface area contributed by atoms with Crippen molar-refractivity contribution in [3.63, 3.8) is 0 Å². The van der Waals surface area contributed by atoms with E-state index < -0.39 is 23.9 Å². The lowest BCUT2D eigenvalue weighted by Crippen LogP contribution is -2.33. The molecule has 0 saturated heterocycles. The number of carbonyl (C=O) groups is 1. The molecule has 2 atom stereocenters. The van der Waals surface area contributed by atoms with Crippen LogP contribution in [0.5, 0.6) is 0 Å². The fraction of sp³-hybridized carbons (Fsp3) is 0.200. The van der Waals surface area contributed by atoms with Crippen LogP contribution in [-0.4, -0.2) is 22.1 Å². The van der Waals surface area contributed by atoms with E-state index in [9.17, 15) is 14.3 Å². The summed E-state index contributed by atoms with van der Waals surface area (Å²) in [4.78, 5) is 15.7. The van der Waals surface area contributed by atoms with Crippen molar-refractivity contribution in [1.29, 1.82) is 0 Å². The number of hydrogen-bond acceptors (Lipinski definition) is 3. The Morgan fingerprint density at radius 1 is 1.35 bits per heavy atom. The van der Waals surface area contributed by atoms with Gasteiger partial charge < -0.3 is 10.4 Å². The smallest absolute Gasteiger partial charge is 0.253 e. The maximum absolute atomic E-state index is 13.1. The molecule has 0 bridgehead atoms. The molecule has 3 rings (SSSR count). The zero-order chi connectivity index (χ0) is 14.1. The number of carbonyl (C=O) groups excluding carboxylic acids is 1. The van der Waals surface area contributed by atoms with Gasteiger partial charge in [-0.15, -0.1) is 0 Å². The lowest BCUT2D eigenvalue weighted by Gasteiger charge is -2.17. The van der Waals surface area contributed by atoms with E-state index in [4.69, 9.17) is 0 Å². The van der Waals surface area contributed by atoms with Gasteiger partial charge in [0.15, 0.2) is 0 Å². The zero-order valence-electron chi connectivity index (χ0n) is 10.6. The van der Waals surface area contributed by atoms with E-state index in [1.807, 2.05) is 24.3 Å². The van der Waals surface area contributed by atoms with Crippen molar-refractivity contribution < 1.29 is 14.3 Å². The van der Waals surface area contributed by atoms with Gasteiger partial charge in [-0.05, 0) is 17.2 Å². The van der Waals surface area contributed by atoms with Crippen LogP contribution in [-0.2, 0) is 6.42 Å². The first-order valence-electron chi connectivity index (χ1n) is 6.32. The van der Waals surface area contributed by atoms with E-state index in [2.05, 4.69) is 10.3 Å². The summed E-state index contributed by atoms with van der Waals surface area (Å²) in [5.41, 5.74) is 2.06. The first kappa shape index (κ1) is 12.7. The topological polar surface area (TPSA) is 62.2 Å². The molecule has 20 heavy (non-hydrogen) atoms. The van der Waals surface area contributed by atoms with Crippen LogP contribution in [0.4, 0.5) is 4.39 Å². The second-order valence-electron chi connectivity index (χ2n) is 4.81. The number of nitrogens with one attached hydrogen (secondary N) is 1. The minimum Gasteiger partial charge on any atom is -0.390 e. The molecule has 1 aromatic heterocycles. The van der Waals surface area contributed by atoms with E-state index in [-0.39, 0.29) is 5.56 Å². The standard InChI is InChI=1S/C15H13FN2O2/c16-11-5-10(7-17-8-11)15(20)18-14-12-4-2-1-3-9(12)6-13(14)19/h1-5,7-8,13-14,19H,6H2,(H,18,20). The molecule has 102 valence electrons. The third kappa shape index (κ3) is 2.28. The monoisotopic (exact) mass is 272 g/mol. The van der Waals surface area contributed by atoms with Crippen LogP contribution in [0.15, 0.2) is 42.7 Å². The number of aliphatic hydroxyl groups is 1. The molecule has 5 heteroatoms. The van der Waals surface area contributed by atoms with Gasteiger partial charge in [0, 0.05) is 12.6 Å². The maximum Gasteiger partial charge on any atom is 0.253 e. The summed E-state index contributed by atoms with van der Waals surface area (Å²) >= 11 is 0. The highest BCUT2D eigenvalue weighted by Gasteiger charge is 2.32. The van der Waals surface area contributed by atoms with E-state index in [0.29, 0.717) is 6.42 Å². The van der Waals surface area contributed by atoms with Gasteiger partial charge in [0.25, 0.3) is 5.91 Å². The van der Waals surface area contributed by atoms with E-state index in [0.717, 1.165) is 23.4 Å². The minimum absolute atomic E-state index is 0.140. The van der Waals surface area contributed by atoms with Gasteiger partial charge in [0.2, 0.25) is 0 Å². The molecule has 2 N–H and O–H groups in total. The third-order valence-corrected chi connectivity index (χ3v) is 3.46. The Hall–Kier alpha value is -2.27. The van der Waals surface area contributed by atoms with Gasteiger partial charge in [0.05, 0.1) is 23.9 Å². The molecule has 2 aromatic rings. The summed E-state index contributed by atoms with van der Waals surface area (Å²) in [6.45, 7) is 0. The van der Waals surface area contributed by atoms with Crippen molar-refractivity contribution in [1.82, 2.24) is 10.3 Å². The van der Waals surface area contributed by atoms with E-state index >= 15 is 0 Å². The SMILES string of the molecule is O=C(NC1c2ccccc2CC1O)c1cncc(F)c1. The molecule has 0 saturated carbocycles. The number of nitrogens with zero attached hydrogens (tertiary/aromatic N) is 1. The Balaban J connectivity index is 1.83. The normalized spacial score (nSPS) is 20.5. The molecule has 0 fully saturated rings. The molecule has 1 aromatic carbocycles. The molecule has 4 nitrogen and oxygen atoms in total. The second-order valence-corrected chi connectivity index (χ2v) is 4.81. The fourth-order valence-electron chi connectivity index (χ4n) is 2.51. The quantitative estimate of drug-likeness (QED) is 0.873. The lowest BCUT2D eigenvalue weighted by molar-refractivity contribution is 0.0857. The highest BCUT2D eigenvalue weighted by molar-refractivity contribution is 5.94. The van der Waals surface area contributed by atoms with Crippen molar-refractivity contribution >= 4 is 5.91 Å². The van der Waals surface area contributed by atoms with Crippen LogP contribution in [0.2, 0.25) is 0 Å². The Morgan fingerprint density at radius 2 is 2.15 bits per heavy atom. The number of aromatic nitrogens is 1. The van der Waals surface area contributed by atoms with Crippen LogP contribution < -0.4 is 5.32 Å². The Morgan fingerprint density at radius 3 is 2.95 bits per heavy atom. The predicted octanol–water partition coefficient (Wildman–Crippen LogP) is 1.61. The lowest BCUT2D eigenvalue weighted by atomic mass is 10.1. The molecule has 0 aliphatic heterocycles. The highest BCUT2D eigenvalue weighted by Crippen LogP contribution is 2.31. The first-order chi connectivity index (χ1) is 9.65. The summed E-state index contributed by atoms with van der Waals surface area (Å²) in [6.07, 6.45) is 2.17. The molecule has 0 spiro atoms. The summed E-state index contributed by atoms with van der Waals surface area (Å²) < 4.78 is 13.1. The highest BCUT2D eigenvalue weighted by atomic mass is 19.1. The average Bonchev–Trinajstić information content (AvgIpc) is 2.75. The summed E-state index contributed by atoms with van der Waals surface area (Å²) in [6, 6.07) is 8.21. The average molecular weight is 272 g/mol. The first-order valence-corrected chi connectivity index (χ1v) is 6.32.